The summed E-state index contributed by atoms with van der Waals surface area (Å²) in [7, 11) is 0. The van der Waals surface area contributed by atoms with E-state index in [2.05, 4.69) is 11.4 Å². The molecule has 1 heterocycles. The van der Waals surface area contributed by atoms with Gasteiger partial charge < -0.3 is 10.1 Å². The van der Waals surface area contributed by atoms with Crippen LogP contribution in [0.15, 0.2) is 18.2 Å². The standard InChI is InChI=1S/C17H19NO3/c1-8-3-4-12(9(2)5-8)18-16(19)14-10-6-11-13(7-10)21-17(20)15(11)14/h3-5,10-11,13-15H,6-7H2,1-2H3,(H,18,19)/t10-,11+,13+,14-,15-/m1/s1. The molecule has 1 aliphatic heterocycles. The van der Waals surface area contributed by atoms with Crippen LogP contribution in [-0.4, -0.2) is 18.0 Å². The van der Waals surface area contributed by atoms with Crippen molar-refractivity contribution in [3.63, 3.8) is 0 Å². The van der Waals surface area contributed by atoms with Gasteiger partial charge in [0.1, 0.15) is 6.10 Å². The van der Waals surface area contributed by atoms with E-state index < -0.39 is 0 Å². The van der Waals surface area contributed by atoms with Crippen LogP contribution in [0.3, 0.4) is 0 Å². The number of esters is 1. The molecule has 110 valence electrons. The molecular formula is C17H19NO3. The third kappa shape index (κ3) is 1.81. The number of ether oxygens (including phenoxy) is 1. The van der Waals surface area contributed by atoms with Gasteiger partial charge in [-0.25, -0.2) is 0 Å². The van der Waals surface area contributed by atoms with Crippen LogP contribution >= 0.6 is 0 Å². The molecule has 4 rings (SSSR count). The molecule has 4 nitrogen and oxygen atoms in total. The van der Waals surface area contributed by atoms with E-state index in [0.717, 1.165) is 24.1 Å². The number of hydrogen-bond acceptors (Lipinski definition) is 3. The Hall–Kier alpha value is -1.84. The van der Waals surface area contributed by atoms with Gasteiger partial charge >= 0.3 is 5.97 Å². The van der Waals surface area contributed by atoms with Gasteiger partial charge in [0.05, 0.1) is 11.8 Å². The summed E-state index contributed by atoms with van der Waals surface area (Å²) >= 11 is 0. The first-order chi connectivity index (χ1) is 10.0. The second-order valence-corrected chi connectivity index (χ2v) is 6.73. The molecule has 0 unspecified atom stereocenters. The molecule has 1 aromatic rings. The number of aryl methyl sites for hydroxylation is 2. The van der Waals surface area contributed by atoms with E-state index in [0.29, 0.717) is 5.92 Å². The zero-order valence-corrected chi connectivity index (χ0v) is 12.3. The Morgan fingerprint density at radius 1 is 1.29 bits per heavy atom. The monoisotopic (exact) mass is 285 g/mol. The predicted molar refractivity (Wildman–Crippen MR) is 77.6 cm³/mol. The summed E-state index contributed by atoms with van der Waals surface area (Å²) in [5.74, 6) is -0.0106. The van der Waals surface area contributed by atoms with Crippen molar-refractivity contribution < 1.29 is 14.3 Å². The van der Waals surface area contributed by atoms with Gasteiger partial charge in [0.2, 0.25) is 5.91 Å². The first-order valence-corrected chi connectivity index (χ1v) is 7.63. The number of carbonyl (C=O) groups is 2. The lowest BCUT2D eigenvalue weighted by Gasteiger charge is -2.24. The third-order valence-electron chi connectivity index (χ3n) is 5.43. The van der Waals surface area contributed by atoms with Crippen LogP contribution in [0, 0.1) is 37.5 Å². The van der Waals surface area contributed by atoms with Crippen molar-refractivity contribution in [1.82, 2.24) is 0 Å². The summed E-state index contributed by atoms with van der Waals surface area (Å²) in [6.07, 6.45) is 1.90. The van der Waals surface area contributed by atoms with Crippen molar-refractivity contribution in [3.8, 4) is 0 Å². The average Bonchev–Trinajstić information content (AvgIpc) is 3.02. The minimum Gasteiger partial charge on any atom is -0.462 e. The molecule has 0 spiro atoms. The van der Waals surface area contributed by atoms with Crippen molar-refractivity contribution in [3.05, 3.63) is 29.3 Å². The fourth-order valence-corrected chi connectivity index (χ4v) is 4.53. The average molecular weight is 285 g/mol. The minimum absolute atomic E-state index is 0.0169. The summed E-state index contributed by atoms with van der Waals surface area (Å²) < 4.78 is 5.39. The Morgan fingerprint density at radius 2 is 2.10 bits per heavy atom. The SMILES string of the molecule is Cc1ccc(NC(=O)[C@@H]2[C@@H]3C[C@@H]4[C@H]2C(=O)O[C@H]4C3)c(C)c1. The van der Waals surface area contributed by atoms with Crippen LogP contribution in [0.25, 0.3) is 0 Å². The number of hydrogen-bond donors (Lipinski definition) is 1. The predicted octanol–water partition coefficient (Wildman–Crippen LogP) is 2.44. The molecule has 1 saturated heterocycles. The summed E-state index contributed by atoms with van der Waals surface area (Å²) in [4.78, 5) is 24.6. The fourth-order valence-electron chi connectivity index (χ4n) is 4.53. The van der Waals surface area contributed by atoms with Crippen molar-refractivity contribution in [2.24, 2.45) is 23.7 Å². The zero-order valence-electron chi connectivity index (χ0n) is 12.3. The van der Waals surface area contributed by atoms with E-state index in [1.54, 1.807) is 0 Å². The van der Waals surface area contributed by atoms with E-state index in [1.165, 1.54) is 5.56 Å². The maximum absolute atomic E-state index is 12.7. The second kappa shape index (κ2) is 4.33. The molecule has 21 heavy (non-hydrogen) atoms. The Labute approximate surface area is 123 Å². The largest absolute Gasteiger partial charge is 0.462 e. The number of anilines is 1. The Kier molecular flexibility index (Phi) is 2.65. The second-order valence-electron chi connectivity index (χ2n) is 6.73. The van der Waals surface area contributed by atoms with E-state index >= 15 is 0 Å². The lowest BCUT2D eigenvalue weighted by atomic mass is 9.79. The highest BCUT2D eigenvalue weighted by molar-refractivity contribution is 5.97. The number of carbonyl (C=O) groups excluding carboxylic acids is 2. The fraction of sp³-hybridized carbons (Fsp3) is 0.529. The zero-order chi connectivity index (χ0) is 14.7. The molecule has 0 aromatic heterocycles. The van der Waals surface area contributed by atoms with Gasteiger partial charge in [0.25, 0.3) is 0 Å². The topological polar surface area (TPSA) is 55.4 Å². The van der Waals surface area contributed by atoms with Gasteiger partial charge in [-0.2, -0.15) is 0 Å². The number of benzene rings is 1. The van der Waals surface area contributed by atoms with Gasteiger partial charge in [-0.15, -0.1) is 0 Å². The highest BCUT2D eigenvalue weighted by atomic mass is 16.6. The lowest BCUT2D eigenvalue weighted by Crippen LogP contribution is -2.36. The summed E-state index contributed by atoms with van der Waals surface area (Å²) in [6.45, 7) is 4.02. The van der Waals surface area contributed by atoms with Crippen molar-refractivity contribution >= 4 is 17.6 Å². The summed E-state index contributed by atoms with van der Waals surface area (Å²) in [6, 6.07) is 5.98. The normalized spacial score (nSPS) is 35.9. The van der Waals surface area contributed by atoms with Gasteiger partial charge in [-0.1, -0.05) is 17.7 Å². The summed E-state index contributed by atoms with van der Waals surface area (Å²) in [5.41, 5.74) is 3.07. The molecule has 5 atom stereocenters. The van der Waals surface area contributed by atoms with E-state index in [-0.39, 0.29) is 35.7 Å². The molecule has 2 bridgehead atoms. The smallest absolute Gasteiger partial charge is 0.310 e. The van der Waals surface area contributed by atoms with E-state index in [1.807, 2.05) is 26.0 Å². The van der Waals surface area contributed by atoms with E-state index in [9.17, 15) is 9.59 Å². The van der Waals surface area contributed by atoms with Crippen molar-refractivity contribution in [2.45, 2.75) is 32.8 Å². The molecule has 0 radical (unpaired) electrons. The Morgan fingerprint density at radius 3 is 2.86 bits per heavy atom. The molecule has 1 N–H and O–H groups in total. The first kappa shape index (κ1) is 12.9. The Bertz CT molecular complexity index is 637. The van der Waals surface area contributed by atoms with Gasteiger partial charge in [0, 0.05) is 11.6 Å². The lowest BCUT2D eigenvalue weighted by molar-refractivity contribution is -0.145. The van der Waals surface area contributed by atoms with Gasteiger partial charge in [0.15, 0.2) is 0 Å². The molecule has 2 saturated carbocycles. The van der Waals surface area contributed by atoms with Crippen molar-refractivity contribution in [1.29, 1.82) is 0 Å². The molecule has 2 aliphatic carbocycles. The number of nitrogens with one attached hydrogen (secondary N) is 1. The number of amides is 1. The van der Waals surface area contributed by atoms with Crippen LogP contribution in [-0.2, 0) is 14.3 Å². The van der Waals surface area contributed by atoms with E-state index in [4.69, 9.17) is 4.74 Å². The van der Waals surface area contributed by atoms with Crippen molar-refractivity contribution in [2.75, 3.05) is 5.32 Å². The molecule has 4 heteroatoms. The number of rotatable bonds is 2. The highest BCUT2D eigenvalue weighted by Gasteiger charge is 2.63. The first-order valence-electron chi connectivity index (χ1n) is 7.63. The maximum atomic E-state index is 12.7. The minimum atomic E-state index is -0.209. The molecule has 1 amide bonds. The Balaban J connectivity index is 1.57. The summed E-state index contributed by atoms with van der Waals surface area (Å²) in [5, 5.41) is 3.02. The number of fused-ring (bicyclic) bond motifs is 1. The van der Waals surface area contributed by atoms with Crippen LogP contribution in [0.1, 0.15) is 24.0 Å². The molecule has 3 fully saturated rings. The van der Waals surface area contributed by atoms with Gasteiger partial charge in [-0.05, 0) is 44.2 Å². The molecule has 3 aliphatic rings. The van der Waals surface area contributed by atoms with Crippen LogP contribution in [0.4, 0.5) is 5.69 Å². The van der Waals surface area contributed by atoms with Crippen LogP contribution in [0.2, 0.25) is 0 Å². The molecular weight excluding hydrogens is 266 g/mol. The quantitative estimate of drug-likeness (QED) is 0.849. The third-order valence-corrected chi connectivity index (χ3v) is 5.43. The van der Waals surface area contributed by atoms with Crippen LogP contribution < -0.4 is 5.32 Å². The maximum Gasteiger partial charge on any atom is 0.310 e. The van der Waals surface area contributed by atoms with Gasteiger partial charge in [-0.3, -0.25) is 9.59 Å². The van der Waals surface area contributed by atoms with Crippen LogP contribution in [0.5, 0.6) is 0 Å². The highest BCUT2D eigenvalue weighted by Crippen LogP contribution is 2.57. The molecule has 1 aromatic carbocycles.